The van der Waals surface area contributed by atoms with E-state index in [9.17, 15) is 8.42 Å². The molecule has 0 radical (unpaired) electrons. The quantitative estimate of drug-likeness (QED) is 0.843. The first-order chi connectivity index (χ1) is 9.29. The summed E-state index contributed by atoms with van der Waals surface area (Å²) < 4.78 is 27.0. The molecule has 0 saturated heterocycles. The third-order valence-electron chi connectivity index (χ3n) is 2.65. The van der Waals surface area contributed by atoms with Crippen LogP contribution in [0.4, 0.5) is 11.4 Å². The third kappa shape index (κ3) is 3.17. The Bertz CT molecular complexity index is 761. The molecule has 0 bridgehead atoms. The van der Waals surface area contributed by atoms with E-state index in [-0.39, 0.29) is 9.92 Å². The van der Waals surface area contributed by atoms with Gasteiger partial charge in [0.05, 0.1) is 26.3 Å². The van der Waals surface area contributed by atoms with E-state index in [4.69, 9.17) is 28.9 Å². The second-order valence-corrected chi connectivity index (χ2v) is 6.77. The highest BCUT2D eigenvalue weighted by Gasteiger charge is 2.16. The summed E-state index contributed by atoms with van der Waals surface area (Å²) in [7, 11) is -3.76. The predicted octanol–water partition coefficient (Wildman–Crippen LogP) is 3.68. The van der Waals surface area contributed by atoms with Crippen molar-refractivity contribution in [3.05, 3.63) is 52.0 Å². The summed E-state index contributed by atoms with van der Waals surface area (Å²) in [6, 6.07) is 9.19. The molecule has 2 aromatic rings. The zero-order valence-corrected chi connectivity index (χ0v) is 12.9. The number of nitrogens with two attached hydrogens (primary N) is 1. The van der Waals surface area contributed by atoms with E-state index in [2.05, 4.69) is 4.72 Å². The highest BCUT2D eigenvalue weighted by atomic mass is 35.5. The topological polar surface area (TPSA) is 72.2 Å². The van der Waals surface area contributed by atoms with Gasteiger partial charge in [-0.3, -0.25) is 4.72 Å². The van der Waals surface area contributed by atoms with Gasteiger partial charge in [0.25, 0.3) is 10.0 Å². The van der Waals surface area contributed by atoms with Gasteiger partial charge in [-0.05, 0) is 42.8 Å². The molecule has 2 rings (SSSR count). The average molecular weight is 331 g/mol. The van der Waals surface area contributed by atoms with Gasteiger partial charge in [-0.15, -0.1) is 0 Å². The molecule has 20 heavy (non-hydrogen) atoms. The van der Waals surface area contributed by atoms with Crippen molar-refractivity contribution in [3.63, 3.8) is 0 Å². The van der Waals surface area contributed by atoms with E-state index in [0.29, 0.717) is 16.4 Å². The lowest BCUT2D eigenvalue weighted by molar-refractivity contribution is 0.601. The van der Waals surface area contributed by atoms with E-state index in [1.165, 1.54) is 18.2 Å². The van der Waals surface area contributed by atoms with Gasteiger partial charge in [-0.2, -0.15) is 0 Å². The van der Waals surface area contributed by atoms with Crippen LogP contribution < -0.4 is 10.5 Å². The van der Waals surface area contributed by atoms with Gasteiger partial charge < -0.3 is 5.73 Å². The molecule has 0 aromatic heterocycles. The molecule has 0 heterocycles. The van der Waals surface area contributed by atoms with E-state index >= 15 is 0 Å². The highest BCUT2D eigenvalue weighted by molar-refractivity contribution is 7.92. The molecule has 0 fully saturated rings. The van der Waals surface area contributed by atoms with E-state index < -0.39 is 10.0 Å². The maximum atomic E-state index is 12.3. The van der Waals surface area contributed by atoms with Crippen LogP contribution in [0.5, 0.6) is 0 Å². The van der Waals surface area contributed by atoms with E-state index in [0.717, 1.165) is 5.56 Å². The van der Waals surface area contributed by atoms with Crippen LogP contribution in [-0.2, 0) is 10.0 Å². The lowest BCUT2D eigenvalue weighted by atomic mass is 10.2. The second kappa shape index (κ2) is 5.52. The summed E-state index contributed by atoms with van der Waals surface area (Å²) in [5, 5.41) is 0.465. The Morgan fingerprint density at radius 2 is 1.75 bits per heavy atom. The Morgan fingerprint density at radius 3 is 2.40 bits per heavy atom. The number of hydrogen-bond donors (Lipinski definition) is 2. The summed E-state index contributed by atoms with van der Waals surface area (Å²) in [5.41, 5.74) is 7.33. The first-order valence-corrected chi connectivity index (χ1v) is 7.87. The minimum Gasteiger partial charge on any atom is -0.397 e. The Kier molecular flexibility index (Phi) is 4.13. The summed E-state index contributed by atoms with van der Waals surface area (Å²) >= 11 is 11.6. The standard InChI is InChI=1S/C13H12Cl2N2O2S/c1-8-2-5-12(16)13(6-8)17-20(18,19)9-3-4-10(14)11(15)7-9/h2-7,17H,16H2,1H3. The first-order valence-electron chi connectivity index (χ1n) is 5.63. The Labute approximate surface area is 127 Å². The van der Waals surface area contributed by atoms with E-state index in [1.54, 1.807) is 18.2 Å². The van der Waals surface area contributed by atoms with Gasteiger partial charge in [-0.1, -0.05) is 29.3 Å². The van der Waals surface area contributed by atoms with E-state index in [1.807, 2.05) is 6.92 Å². The van der Waals surface area contributed by atoms with Crippen LogP contribution in [0.25, 0.3) is 0 Å². The molecule has 0 saturated carbocycles. The Morgan fingerprint density at radius 1 is 1.05 bits per heavy atom. The van der Waals surface area contributed by atoms with Crippen LogP contribution in [0, 0.1) is 6.92 Å². The lowest BCUT2D eigenvalue weighted by Gasteiger charge is -2.11. The van der Waals surface area contributed by atoms with Crippen molar-refractivity contribution in [1.29, 1.82) is 0 Å². The molecular formula is C13H12Cl2N2O2S. The fourth-order valence-electron chi connectivity index (χ4n) is 1.61. The molecule has 0 unspecified atom stereocenters. The van der Waals surface area contributed by atoms with Crippen molar-refractivity contribution in [2.45, 2.75) is 11.8 Å². The number of nitrogen functional groups attached to an aromatic ring is 1. The first kappa shape index (κ1) is 15.0. The van der Waals surface area contributed by atoms with Gasteiger partial charge in [0.1, 0.15) is 0 Å². The zero-order valence-electron chi connectivity index (χ0n) is 10.5. The minimum absolute atomic E-state index is 0.0211. The minimum atomic E-state index is -3.76. The number of hydrogen-bond acceptors (Lipinski definition) is 3. The number of rotatable bonds is 3. The van der Waals surface area contributed by atoms with Crippen molar-refractivity contribution < 1.29 is 8.42 Å². The average Bonchev–Trinajstić information content (AvgIpc) is 2.36. The van der Waals surface area contributed by atoms with Crippen molar-refractivity contribution in [2.24, 2.45) is 0 Å². The summed E-state index contributed by atoms with van der Waals surface area (Å²) in [6.07, 6.45) is 0. The van der Waals surface area contributed by atoms with Gasteiger partial charge in [0.2, 0.25) is 0 Å². The molecule has 0 amide bonds. The van der Waals surface area contributed by atoms with Gasteiger partial charge in [-0.25, -0.2) is 8.42 Å². The highest BCUT2D eigenvalue weighted by Crippen LogP contribution is 2.27. The van der Waals surface area contributed by atoms with Gasteiger partial charge in [0.15, 0.2) is 0 Å². The molecule has 0 aliphatic heterocycles. The number of halogens is 2. The van der Waals surface area contributed by atoms with Gasteiger partial charge in [0, 0.05) is 0 Å². The van der Waals surface area contributed by atoms with Crippen LogP contribution in [0.3, 0.4) is 0 Å². The Balaban J connectivity index is 2.40. The maximum absolute atomic E-state index is 12.3. The van der Waals surface area contributed by atoms with Gasteiger partial charge >= 0.3 is 0 Å². The van der Waals surface area contributed by atoms with Crippen molar-refractivity contribution in [2.75, 3.05) is 10.5 Å². The Hall–Kier alpha value is -1.43. The fraction of sp³-hybridized carbons (Fsp3) is 0.0769. The van der Waals surface area contributed by atoms with Crippen molar-refractivity contribution in [3.8, 4) is 0 Å². The van der Waals surface area contributed by atoms with Crippen LogP contribution in [0.1, 0.15) is 5.56 Å². The second-order valence-electron chi connectivity index (χ2n) is 4.27. The number of benzene rings is 2. The summed E-state index contributed by atoms with van der Waals surface area (Å²) in [4.78, 5) is 0.0211. The molecule has 4 nitrogen and oxygen atoms in total. The summed E-state index contributed by atoms with van der Waals surface area (Å²) in [6.45, 7) is 1.84. The van der Waals surface area contributed by atoms with Crippen molar-refractivity contribution >= 4 is 44.6 Å². The van der Waals surface area contributed by atoms with Crippen LogP contribution in [-0.4, -0.2) is 8.42 Å². The molecule has 0 atom stereocenters. The van der Waals surface area contributed by atoms with Crippen LogP contribution in [0.2, 0.25) is 10.0 Å². The predicted molar refractivity (Wildman–Crippen MR) is 82.9 cm³/mol. The maximum Gasteiger partial charge on any atom is 0.262 e. The van der Waals surface area contributed by atoms with Crippen LogP contribution >= 0.6 is 23.2 Å². The number of aryl methyl sites for hydroxylation is 1. The number of sulfonamides is 1. The van der Waals surface area contributed by atoms with Crippen LogP contribution in [0.15, 0.2) is 41.3 Å². The molecule has 0 aliphatic carbocycles. The SMILES string of the molecule is Cc1ccc(N)c(NS(=O)(=O)c2ccc(Cl)c(Cl)c2)c1. The zero-order chi connectivity index (χ0) is 14.9. The summed E-state index contributed by atoms with van der Waals surface area (Å²) in [5.74, 6) is 0. The molecule has 2 aromatic carbocycles. The lowest BCUT2D eigenvalue weighted by Crippen LogP contribution is -2.14. The smallest absolute Gasteiger partial charge is 0.262 e. The normalized spacial score (nSPS) is 11.3. The third-order valence-corrected chi connectivity index (χ3v) is 4.76. The number of nitrogens with one attached hydrogen (secondary N) is 1. The number of anilines is 2. The largest absolute Gasteiger partial charge is 0.397 e. The molecule has 106 valence electrons. The fourth-order valence-corrected chi connectivity index (χ4v) is 3.07. The molecule has 0 spiro atoms. The monoisotopic (exact) mass is 330 g/mol. The van der Waals surface area contributed by atoms with Crippen molar-refractivity contribution in [1.82, 2.24) is 0 Å². The molecular weight excluding hydrogens is 319 g/mol. The molecule has 0 aliphatic rings. The molecule has 3 N–H and O–H groups in total. The molecule has 7 heteroatoms.